The summed E-state index contributed by atoms with van der Waals surface area (Å²) in [5, 5.41) is 9.29. The number of methoxy groups -OCH3 is 1. The van der Waals surface area contributed by atoms with Gasteiger partial charge in [-0.25, -0.2) is 4.79 Å². The van der Waals surface area contributed by atoms with E-state index in [1.165, 1.54) is 7.11 Å². The number of carboxylic acid groups (broad SMARTS) is 1. The highest BCUT2D eigenvalue weighted by Gasteiger charge is 2.43. The van der Waals surface area contributed by atoms with E-state index in [-0.39, 0.29) is 30.2 Å². The van der Waals surface area contributed by atoms with Crippen LogP contribution >= 0.6 is 0 Å². The van der Waals surface area contributed by atoms with E-state index in [4.69, 9.17) is 4.74 Å². The third-order valence-corrected chi connectivity index (χ3v) is 4.62. The minimum atomic E-state index is -1.13. The van der Waals surface area contributed by atoms with E-state index in [1.54, 1.807) is 25.1 Å². The first-order valence-electron chi connectivity index (χ1n) is 7.85. The summed E-state index contributed by atoms with van der Waals surface area (Å²) in [5.74, 6) is -2.79. The van der Waals surface area contributed by atoms with Crippen molar-refractivity contribution in [3.63, 3.8) is 0 Å². The zero-order valence-electron chi connectivity index (χ0n) is 13.9. The highest BCUT2D eigenvalue weighted by atomic mass is 16.5. The third kappa shape index (κ3) is 2.89. The summed E-state index contributed by atoms with van der Waals surface area (Å²) >= 11 is 0. The minimum absolute atomic E-state index is 0.120. The van der Waals surface area contributed by atoms with Crippen molar-refractivity contribution in [1.29, 1.82) is 0 Å². The Morgan fingerprint density at radius 3 is 2.56 bits per heavy atom. The van der Waals surface area contributed by atoms with E-state index >= 15 is 0 Å². The SMILES string of the molecule is COC1CC(C(=O)O)N(C(=O)CN2C(=O)c3ccc(C)cc3C2=O)C1. The lowest BCUT2D eigenvalue weighted by molar-refractivity contribution is -0.148. The summed E-state index contributed by atoms with van der Waals surface area (Å²) in [6.07, 6.45) is -0.200. The first-order chi connectivity index (χ1) is 11.8. The molecule has 1 N–H and O–H groups in total. The molecule has 2 aliphatic rings. The molecular formula is C17H18N2O6. The number of rotatable bonds is 4. The normalized spacial score (nSPS) is 22.5. The molecule has 3 amide bonds. The number of imide groups is 1. The van der Waals surface area contributed by atoms with Crippen LogP contribution in [0.3, 0.4) is 0 Å². The van der Waals surface area contributed by atoms with Gasteiger partial charge < -0.3 is 14.7 Å². The van der Waals surface area contributed by atoms with Crippen molar-refractivity contribution in [3.05, 3.63) is 34.9 Å². The molecular weight excluding hydrogens is 328 g/mol. The molecule has 132 valence electrons. The van der Waals surface area contributed by atoms with Crippen LogP contribution in [0.1, 0.15) is 32.7 Å². The van der Waals surface area contributed by atoms with Gasteiger partial charge in [-0.05, 0) is 19.1 Å². The summed E-state index contributed by atoms with van der Waals surface area (Å²) in [6, 6.07) is 3.87. The number of carbonyl (C=O) groups excluding carboxylic acids is 3. The van der Waals surface area contributed by atoms with Crippen LogP contribution < -0.4 is 0 Å². The maximum Gasteiger partial charge on any atom is 0.326 e. The Balaban J connectivity index is 1.79. The Labute approximate surface area is 144 Å². The van der Waals surface area contributed by atoms with Gasteiger partial charge >= 0.3 is 5.97 Å². The molecule has 1 aromatic rings. The number of nitrogens with zero attached hydrogens (tertiary/aromatic N) is 2. The van der Waals surface area contributed by atoms with Crippen LogP contribution in [0.4, 0.5) is 0 Å². The van der Waals surface area contributed by atoms with Crippen LogP contribution in [0.15, 0.2) is 18.2 Å². The Hall–Kier alpha value is -2.74. The molecule has 1 fully saturated rings. The summed E-state index contributed by atoms with van der Waals surface area (Å²) in [7, 11) is 1.45. The van der Waals surface area contributed by atoms with Gasteiger partial charge in [0.15, 0.2) is 0 Å². The van der Waals surface area contributed by atoms with Crippen LogP contribution in [0, 0.1) is 6.92 Å². The van der Waals surface area contributed by atoms with Crippen LogP contribution in [-0.2, 0) is 14.3 Å². The lowest BCUT2D eigenvalue weighted by Crippen LogP contribution is -2.47. The number of benzene rings is 1. The molecule has 3 rings (SSSR count). The smallest absolute Gasteiger partial charge is 0.326 e. The molecule has 1 saturated heterocycles. The quantitative estimate of drug-likeness (QED) is 0.786. The number of carboxylic acids is 1. The van der Waals surface area contributed by atoms with Crippen molar-refractivity contribution in [2.75, 3.05) is 20.2 Å². The van der Waals surface area contributed by atoms with Crippen LogP contribution in [-0.4, -0.2) is 70.9 Å². The highest BCUT2D eigenvalue weighted by molar-refractivity contribution is 6.22. The predicted molar refractivity (Wildman–Crippen MR) is 85.1 cm³/mol. The van der Waals surface area contributed by atoms with Gasteiger partial charge in [0.25, 0.3) is 11.8 Å². The molecule has 2 atom stereocenters. The zero-order valence-corrected chi connectivity index (χ0v) is 13.9. The van der Waals surface area contributed by atoms with Gasteiger partial charge in [-0.3, -0.25) is 19.3 Å². The van der Waals surface area contributed by atoms with Crippen LogP contribution in [0.5, 0.6) is 0 Å². The van der Waals surface area contributed by atoms with E-state index in [0.717, 1.165) is 15.4 Å². The highest BCUT2D eigenvalue weighted by Crippen LogP contribution is 2.25. The van der Waals surface area contributed by atoms with Crippen LogP contribution in [0.2, 0.25) is 0 Å². The van der Waals surface area contributed by atoms with Crippen molar-refractivity contribution in [3.8, 4) is 0 Å². The molecule has 8 heteroatoms. The second-order valence-electron chi connectivity index (χ2n) is 6.24. The number of hydrogen-bond donors (Lipinski definition) is 1. The van der Waals surface area contributed by atoms with Gasteiger partial charge in [-0.1, -0.05) is 11.6 Å². The molecule has 2 aliphatic heterocycles. The Bertz CT molecular complexity index is 774. The lowest BCUT2D eigenvalue weighted by Gasteiger charge is -2.23. The third-order valence-electron chi connectivity index (χ3n) is 4.62. The van der Waals surface area contributed by atoms with Crippen LogP contribution in [0.25, 0.3) is 0 Å². The minimum Gasteiger partial charge on any atom is -0.480 e. The zero-order chi connectivity index (χ0) is 18.3. The standard InChI is InChI=1S/C17H18N2O6/c1-9-3-4-11-12(5-9)16(22)19(15(11)21)8-14(20)18-7-10(25-2)6-13(18)17(23)24/h3-5,10,13H,6-8H2,1-2H3,(H,23,24). The summed E-state index contributed by atoms with van der Waals surface area (Å²) in [6.45, 7) is 1.44. The van der Waals surface area contributed by atoms with Crippen molar-refractivity contribution >= 4 is 23.7 Å². The van der Waals surface area contributed by atoms with E-state index in [9.17, 15) is 24.3 Å². The van der Waals surface area contributed by atoms with E-state index < -0.39 is 36.3 Å². The second kappa shape index (κ2) is 6.29. The monoisotopic (exact) mass is 346 g/mol. The maximum atomic E-state index is 12.5. The molecule has 25 heavy (non-hydrogen) atoms. The van der Waals surface area contributed by atoms with Crippen molar-refractivity contribution in [2.45, 2.75) is 25.5 Å². The molecule has 0 spiro atoms. The predicted octanol–water partition coefficient (Wildman–Crippen LogP) is 0.292. The summed E-state index contributed by atoms with van der Waals surface area (Å²) in [5.41, 5.74) is 1.36. The van der Waals surface area contributed by atoms with E-state index in [2.05, 4.69) is 0 Å². The maximum absolute atomic E-state index is 12.5. The molecule has 2 heterocycles. The first-order valence-corrected chi connectivity index (χ1v) is 7.85. The molecule has 0 aromatic heterocycles. The number of aryl methyl sites for hydroxylation is 1. The Kier molecular flexibility index (Phi) is 4.30. The fourth-order valence-electron chi connectivity index (χ4n) is 3.25. The number of likely N-dealkylation sites (tertiary alicyclic amines) is 1. The van der Waals surface area contributed by atoms with E-state index in [1.807, 2.05) is 0 Å². The van der Waals surface area contributed by atoms with Gasteiger partial charge in [0.2, 0.25) is 5.91 Å². The van der Waals surface area contributed by atoms with E-state index in [0.29, 0.717) is 0 Å². The molecule has 0 saturated carbocycles. The molecule has 2 unspecified atom stereocenters. The van der Waals surface area contributed by atoms with Crippen molar-refractivity contribution in [1.82, 2.24) is 9.80 Å². The number of aliphatic carboxylic acids is 1. The Morgan fingerprint density at radius 1 is 1.24 bits per heavy atom. The molecule has 0 bridgehead atoms. The van der Waals surface area contributed by atoms with Gasteiger partial charge in [0, 0.05) is 20.1 Å². The van der Waals surface area contributed by atoms with Gasteiger partial charge in [0.05, 0.1) is 17.2 Å². The fourth-order valence-corrected chi connectivity index (χ4v) is 3.25. The first kappa shape index (κ1) is 17.1. The average Bonchev–Trinajstić information content (AvgIpc) is 3.11. The largest absolute Gasteiger partial charge is 0.480 e. The molecule has 1 aromatic carbocycles. The number of carbonyl (C=O) groups is 4. The topological polar surface area (TPSA) is 104 Å². The average molecular weight is 346 g/mol. The molecule has 0 radical (unpaired) electrons. The lowest BCUT2D eigenvalue weighted by atomic mass is 10.1. The Morgan fingerprint density at radius 2 is 1.92 bits per heavy atom. The van der Waals surface area contributed by atoms with Gasteiger partial charge in [-0.15, -0.1) is 0 Å². The van der Waals surface area contributed by atoms with Gasteiger partial charge in [-0.2, -0.15) is 0 Å². The molecule has 0 aliphatic carbocycles. The number of amides is 3. The number of fused-ring (bicyclic) bond motifs is 1. The number of hydrogen-bond acceptors (Lipinski definition) is 5. The van der Waals surface area contributed by atoms with Crippen molar-refractivity contribution in [2.24, 2.45) is 0 Å². The molecule has 8 nitrogen and oxygen atoms in total. The van der Waals surface area contributed by atoms with Gasteiger partial charge in [0.1, 0.15) is 12.6 Å². The number of ether oxygens (including phenoxy) is 1. The summed E-state index contributed by atoms with van der Waals surface area (Å²) in [4.78, 5) is 50.8. The second-order valence-corrected chi connectivity index (χ2v) is 6.24. The van der Waals surface area contributed by atoms with Crippen molar-refractivity contribution < 1.29 is 29.0 Å². The summed E-state index contributed by atoms with van der Waals surface area (Å²) < 4.78 is 5.14. The fraction of sp³-hybridized carbons (Fsp3) is 0.412.